The molecule has 26 heavy (non-hydrogen) atoms. The molecule has 0 spiro atoms. The maximum Gasteiger partial charge on any atom is 0.331 e. The molecule has 0 fully saturated rings. The van der Waals surface area contributed by atoms with E-state index in [9.17, 15) is 29.8 Å². The summed E-state index contributed by atoms with van der Waals surface area (Å²) >= 11 is 0. The van der Waals surface area contributed by atoms with Gasteiger partial charge in [-0.1, -0.05) is 24.3 Å². The molecular formula is C16H14N2O8. The summed E-state index contributed by atoms with van der Waals surface area (Å²) < 4.78 is 0. The van der Waals surface area contributed by atoms with Gasteiger partial charge < -0.3 is 10.2 Å². The Hall–Kier alpha value is -3.56. The predicted octanol–water partition coefficient (Wildman–Crippen LogP) is 1.86. The molecule has 1 atom stereocenters. The normalized spacial score (nSPS) is 20.3. The molecule has 2 aliphatic rings. The molecule has 0 bridgehead atoms. The van der Waals surface area contributed by atoms with Crippen LogP contribution >= 0.6 is 0 Å². The molecule has 0 radical (unpaired) electrons. The van der Waals surface area contributed by atoms with Crippen LogP contribution in [-0.4, -0.2) is 38.0 Å². The summed E-state index contributed by atoms with van der Waals surface area (Å²) in [7, 11) is 0. The molecule has 0 heterocycles. The molecule has 0 aromatic rings. The average molecular weight is 362 g/mol. The van der Waals surface area contributed by atoms with Gasteiger partial charge in [-0.25, -0.2) is 9.59 Å². The Balaban J connectivity index is 2.38. The lowest BCUT2D eigenvalue weighted by Crippen LogP contribution is -2.25. The largest absolute Gasteiger partial charge is 0.478 e. The first-order valence-electron chi connectivity index (χ1n) is 7.47. The summed E-state index contributed by atoms with van der Waals surface area (Å²) in [5, 5.41) is 40.2. The van der Waals surface area contributed by atoms with Gasteiger partial charge in [-0.2, -0.15) is 0 Å². The average Bonchev–Trinajstić information content (AvgIpc) is 2.59. The van der Waals surface area contributed by atoms with Gasteiger partial charge >= 0.3 is 11.9 Å². The first kappa shape index (κ1) is 18.8. The number of hydrogen-bond acceptors (Lipinski definition) is 6. The van der Waals surface area contributed by atoms with Gasteiger partial charge in [-0.15, -0.1) is 0 Å². The Labute approximate surface area is 146 Å². The van der Waals surface area contributed by atoms with Crippen LogP contribution in [0.5, 0.6) is 0 Å². The summed E-state index contributed by atoms with van der Waals surface area (Å²) in [6.07, 6.45) is 6.14. The molecular weight excluding hydrogens is 348 g/mol. The minimum Gasteiger partial charge on any atom is -0.478 e. The van der Waals surface area contributed by atoms with Crippen molar-refractivity contribution in [3.05, 3.63) is 78.6 Å². The number of carbonyl (C=O) groups is 2. The van der Waals surface area contributed by atoms with Crippen molar-refractivity contribution in [2.75, 3.05) is 0 Å². The van der Waals surface area contributed by atoms with Crippen LogP contribution in [-0.2, 0) is 9.59 Å². The van der Waals surface area contributed by atoms with Crippen LogP contribution in [0.3, 0.4) is 0 Å². The Kier molecular flexibility index (Phi) is 5.45. The fourth-order valence-corrected chi connectivity index (χ4v) is 2.66. The molecule has 0 aliphatic heterocycles. The number of carboxylic acids is 2. The van der Waals surface area contributed by atoms with Crippen LogP contribution in [0.1, 0.15) is 19.3 Å². The van der Waals surface area contributed by atoms with Crippen molar-refractivity contribution in [1.29, 1.82) is 0 Å². The van der Waals surface area contributed by atoms with Crippen molar-refractivity contribution < 1.29 is 29.6 Å². The number of aliphatic carboxylic acids is 2. The van der Waals surface area contributed by atoms with E-state index in [4.69, 9.17) is 10.2 Å². The topological polar surface area (TPSA) is 161 Å². The number of allylic oxidation sites excluding steroid dienone is 5. The number of nitro groups is 2. The van der Waals surface area contributed by atoms with Gasteiger partial charge in [-0.3, -0.25) is 20.2 Å². The van der Waals surface area contributed by atoms with E-state index in [-0.39, 0.29) is 47.3 Å². The second-order valence-electron chi connectivity index (χ2n) is 5.64. The first-order chi connectivity index (χ1) is 12.2. The zero-order chi connectivity index (χ0) is 19.4. The Morgan fingerprint density at radius 1 is 1.04 bits per heavy atom. The number of hydrogen-bond donors (Lipinski definition) is 2. The molecule has 136 valence electrons. The summed E-state index contributed by atoms with van der Waals surface area (Å²) in [5.41, 5.74) is -0.0939. The highest BCUT2D eigenvalue weighted by Crippen LogP contribution is 2.28. The molecule has 10 heteroatoms. The van der Waals surface area contributed by atoms with Crippen LogP contribution in [0.4, 0.5) is 0 Å². The van der Waals surface area contributed by atoms with E-state index in [2.05, 4.69) is 0 Å². The van der Waals surface area contributed by atoms with E-state index in [0.717, 1.165) is 6.08 Å². The van der Waals surface area contributed by atoms with Gasteiger partial charge in [0.05, 0.1) is 11.3 Å². The molecule has 0 amide bonds. The van der Waals surface area contributed by atoms with Crippen molar-refractivity contribution in [1.82, 2.24) is 0 Å². The standard InChI is InChI=1S/C16H14N2O8/c19-15(20)11-5-3-9(13(7-11)17(23)24)1-2-10-4-6-12(16(21)22)8-14(10)18(25)26/h1-3,5,8,13H,4,6-7H2,(H,19,20)(H,21,22). The van der Waals surface area contributed by atoms with Gasteiger partial charge in [0, 0.05) is 33.3 Å². The van der Waals surface area contributed by atoms with Gasteiger partial charge in [-0.05, 0) is 12.8 Å². The maximum atomic E-state index is 11.2. The summed E-state index contributed by atoms with van der Waals surface area (Å²) in [6, 6.07) is -1.27. The Morgan fingerprint density at radius 2 is 1.69 bits per heavy atom. The fraction of sp³-hybridized carbons (Fsp3) is 0.250. The van der Waals surface area contributed by atoms with E-state index in [1.54, 1.807) is 0 Å². The second-order valence-corrected chi connectivity index (χ2v) is 5.64. The predicted molar refractivity (Wildman–Crippen MR) is 87.3 cm³/mol. The molecule has 2 aliphatic carbocycles. The summed E-state index contributed by atoms with van der Waals surface area (Å²) in [5.74, 6) is -2.48. The van der Waals surface area contributed by atoms with Crippen molar-refractivity contribution in [3.63, 3.8) is 0 Å². The van der Waals surface area contributed by atoms with Gasteiger partial charge in [0.1, 0.15) is 0 Å². The van der Waals surface area contributed by atoms with Crippen LogP contribution in [0, 0.1) is 20.2 Å². The van der Waals surface area contributed by atoms with Crippen molar-refractivity contribution >= 4 is 11.9 Å². The van der Waals surface area contributed by atoms with E-state index >= 15 is 0 Å². The quantitative estimate of drug-likeness (QED) is 0.534. The van der Waals surface area contributed by atoms with Crippen molar-refractivity contribution in [2.24, 2.45) is 0 Å². The van der Waals surface area contributed by atoms with Crippen LogP contribution in [0.15, 0.2) is 58.4 Å². The molecule has 1 unspecified atom stereocenters. The van der Waals surface area contributed by atoms with E-state index in [1.165, 1.54) is 24.3 Å². The Bertz CT molecular complexity index is 844. The highest BCUT2D eigenvalue weighted by Gasteiger charge is 2.30. The highest BCUT2D eigenvalue weighted by molar-refractivity contribution is 5.88. The minimum atomic E-state index is -1.27. The molecule has 0 aromatic carbocycles. The highest BCUT2D eigenvalue weighted by atomic mass is 16.6. The van der Waals surface area contributed by atoms with E-state index < -0.39 is 27.8 Å². The van der Waals surface area contributed by atoms with E-state index in [1.807, 2.05) is 0 Å². The molecule has 0 aromatic heterocycles. The molecule has 10 nitrogen and oxygen atoms in total. The lowest BCUT2D eigenvalue weighted by atomic mass is 9.91. The lowest BCUT2D eigenvalue weighted by molar-refractivity contribution is -0.510. The maximum absolute atomic E-state index is 11.2. The number of rotatable bonds is 6. The van der Waals surface area contributed by atoms with Crippen LogP contribution in [0.2, 0.25) is 0 Å². The van der Waals surface area contributed by atoms with Gasteiger partial charge in [0.15, 0.2) is 0 Å². The third-order valence-corrected chi connectivity index (χ3v) is 4.06. The first-order valence-corrected chi connectivity index (χ1v) is 7.47. The van der Waals surface area contributed by atoms with Gasteiger partial charge in [0.2, 0.25) is 6.04 Å². The van der Waals surface area contributed by atoms with Gasteiger partial charge in [0.25, 0.3) is 5.70 Å². The monoisotopic (exact) mass is 362 g/mol. The lowest BCUT2D eigenvalue weighted by Gasteiger charge is -2.15. The van der Waals surface area contributed by atoms with Crippen molar-refractivity contribution in [3.8, 4) is 0 Å². The number of nitrogens with zero attached hydrogens (tertiary/aromatic N) is 2. The zero-order valence-electron chi connectivity index (χ0n) is 13.3. The third-order valence-electron chi connectivity index (χ3n) is 4.06. The molecule has 0 saturated heterocycles. The molecule has 2 N–H and O–H groups in total. The minimum absolute atomic E-state index is 0.0806. The fourth-order valence-electron chi connectivity index (χ4n) is 2.66. The number of carboxylic acid groups (broad SMARTS) is 2. The zero-order valence-corrected chi connectivity index (χ0v) is 13.3. The third kappa shape index (κ3) is 4.09. The smallest absolute Gasteiger partial charge is 0.331 e. The molecule has 2 rings (SSSR count). The molecule has 0 saturated carbocycles. The summed E-state index contributed by atoms with van der Waals surface area (Å²) in [4.78, 5) is 43.0. The SMILES string of the molecule is O=C(O)C1=CC([N+](=O)[O-])=C(C=CC2=CC=C(C(=O)O)CC2[N+](=O)[O-])CC1. The second kappa shape index (κ2) is 7.55. The van der Waals surface area contributed by atoms with Crippen LogP contribution in [0.25, 0.3) is 0 Å². The van der Waals surface area contributed by atoms with Crippen LogP contribution < -0.4 is 0 Å². The Morgan fingerprint density at radius 3 is 2.23 bits per heavy atom. The van der Waals surface area contributed by atoms with Crippen molar-refractivity contribution in [2.45, 2.75) is 25.3 Å². The summed E-state index contributed by atoms with van der Waals surface area (Å²) in [6.45, 7) is 0. The van der Waals surface area contributed by atoms with E-state index in [0.29, 0.717) is 0 Å².